The van der Waals surface area contributed by atoms with Gasteiger partial charge in [-0.2, -0.15) is 0 Å². The van der Waals surface area contributed by atoms with Gasteiger partial charge >= 0.3 is 5.97 Å². The average Bonchev–Trinajstić information content (AvgIpc) is 2.95. The third-order valence-corrected chi connectivity index (χ3v) is 6.23. The van der Waals surface area contributed by atoms with Crippen LogP contribution in [0.1, 0.15) is 53.4 Å². The van der Waals surface area contributed by atoms with E-state index in [9.17, 15) is 4.79 Å². The molecule has 1 saturated carbocycles. The highest BCUT2D eigenvalue weighted by atomic mass is 79.9. The van der Waals surface area contributed by atoms with Crippen molar-refractivity contribution < 1.29 is 9.53 Å². The van der Waals surface area contributed by atoms with Crippen LogP contribution in [0.3, 0.4) is 0 Å². The van der Waals surface area contributed by atoms with E-state index in [1.54, 1.807) is 0 Å². The Balaban J connectivity index is 1.82. The quantitative estimate of drug-likeness (QED) is 0.473. The van der Waals surface area contributed by atoms with Gasteiger partial charge < -0.3 is 14.6 Å². The van der Waals surface area contributed by atoms with Crippen LogP contribution in [0.5, 0.6) is 0 Å². The molecule has 0 aliphatic heterocycles. The number of hydrogen-bond donors (Lipinski definition) is 1. The number of ether oxygens (including phenoxy) is 1. The monoisotopic (exact) mass is 454 g/mol. The third-order valence-electron chi connectivity index (χ3n) is 5.73. The molecule has 1 N–H and O–H groups in total. The second-order valence-electron chi connectivity index (χ2n) is 7.79. The topological polar surface area (TPSA) is 43.3 Å². The Labute approximate surface area is 180 Å². The molecule has 2 aromatic carbocycles. The molecule has 1 heterocycles. The molecule has 0 saturated heterocycles. The van der Waals surface area contributed by atoms with Crippen LogP contribution in [0.15, 0.2) is 46.9 Å². The maximum absolute atomic E-state index is 13.0. The molecule has 0 bridgehead atoms. The molecular formula is C24H27BrN2O2. The third kappa shape index (κ3) is 4.26. The zero-order chi connectivity index (χ0) is 20.4. The fourth-order valence-electron chi connectivity index (χ4n) is 3.91. The van der Waals surface area contributed by atoms with Crippen molar-refractivity contribution in [3.05, 3.63) is 69.3 Å². The van der Waals surface area contributed by atoms with E-state index in [1.807, 2.05) is 13.0 Å². The molecular weight excluding hydrogens is 428 g/mol. The number of nitrogens with zero attached hydrogens (tertiary/aromatic N) is 1. The Morgan fingerprint density at radius 3 is 2.62 bits per heavy atom. The number of esters is 1. The van der Waals surface area contributed by atoms with Crippen molar-refractivity contribution in [2.24, 2.45) is 0 Å². The van der Waals surface area contributed by atoms with Crippen LogP contribution in [-0.2, 0) is 17.8 Å². The standard InChI is InChI=1S/C24H27BrN2O2/c1-3-29-24(28)23-21(14-26-19-5-4-6-19)20-13-18(25)11-12-22(20)27(23)15-17-9-7-16(2)8-10-17/h7-13,19,26H,3-6,14-15H2,1-2H3. The number of fused-ring (bicyclic) bond motifs is 1. The van der Waals surface area contributed by atoms with E-state index in [-0.39, 0.29) is 5.97 Å². The molecule has 4 rings (SSSR count). The van der Waals surface area contributed by atoms with Crippen molar-refractivity contribution in [2.45, 2.75) is 52.2 Å². The van der Waals surface area contributed by atoms with Gasteiger partial charge in [-0.25, -0.2) is 4.79 Å². The van der Waals surface area contributed by atoms with Crippen molar-refractivity contribution in [1.29, 1.82) is 0 Å². The van der Waals surface area contributed by atoms with Crippen molar-refractivity contribution in [2.75, 3.05) is 6.61 Å². The molecule has 1 aliphatic carbocycles. The highest BCUT2D eigenvalue weighted by Gasteiger charge is 2.25. The highest BCUT2D eigenvalue weighted by Crippen LogP contribution is 2.31. The summed E-state index contributed by atoms with van der Waals surface area (Å²) in [6.07, 6.45) is 3.70. The fraction of sp³-hybridized carbons (Fsp3) is 0.375. The lowest BCUT2D eigenvalue weighted by Crippen LogP contribution is -2.35. The summed E-state index contributed by atoms with van der Waals surface area (Å²) in [6.45, 7) is 5.61. The van der Waals surface area contributed by atoms with Gasteiger partial charge in [-0.15, -0.1) is 0 Å². The molecule has 4 nitrogen and oxygen atoms in total. The van der Waals surface area contributed by atoms with E-state index in [0.29, 0.717) is 31.4 Å². The minimum Gasteiger partial charge on any atom is -0.461 e. The van der Waals surface area contributed by atoms with Crippen LogP contribution in [-0.4, -0.2) is 23.2 Å². The second kappa shape index (κ2) is 8.72. The van der Waals surface area contributed by atoms with Crippen LogP contribution in [0.4, 0.5) is 0 Å². The smallest absolute Gasteiger partial charge is 0.355 e. The highest BCUT2D eigenvalue weighted by molar-refractivity contribution is 9.10. The van der Waals surface area contributed by atoms with Crippen LogP contribution in [0.25, 0.3) is 10.9 Å². The molecule has 0 atom stereocenters. The van der Waals surface area contributed by atoms with Crippen LogP contribution in [0.2, 0.25) is 0 Å². The fourth-order valence-corrected chi connectivity index (χ4v) is 4.27. The molecule has 0 radical (unpaired) electrons. The summed E-state index contributed by atoms with van der Waals surface area (Å²) >= 11 is 3.60. The van der Waals surface area contributed by atoms with Crippen molar-refractivity contribution >= 4 is 32.8 Å². The Kier molecular flexibility index (Phi) is 6.07. The Morgan fingerprint density at radius 1 is 1.21 bits per heavy atom. The average molecular weight is 455 g/mol. The first-order valence-electron chi connectivity index (χ1n) is 10.3. The van der Waals surface area contributed by atoms with E-state index >= 15 is 0 Å². The van der Waals surface area contributed by atoms with E-state index in [4.69, 9.17) is 4.74 Å². The van der Waals surface area contributed by atoms with Gasteiger partial charge in [-0.1, -0.05) is 52.2 Å². The molecule has 0 amide bonds. The lowest BCUT2D eigenvalue weighted by Gasteiger charge is -2.26. The van der Waals surface area contributed by atoms with E-state index in [0.717, 1.165) is 20.9 Å². The van der Waals surface area contributed by atoms with Crippen molar-refractivity contribution in [1.82, 2.24) is 9.88 Å². The number of carbonyl (C=O) groups excluding carboxylic acids is 1. The van der Waals surface area contributed by atoms with Gasteiger partial charge in [0.05, 0.1) is 6.61 Å². The van der Waals surface area contributed by atoms with Crippen molar-refractivity contribution in [3.8, 4) is 0 Å². The lowest BCUT2D eigenvalue weighted by molar-refractivity contribution is 0.0513. The molecule has 0 spiro atoms. The summed E-state index contributed by atoms with van der Waals surface area (Å²) in [4.78, 5) is 13.0. The van der Waals surface area contributed by atoms with Gasteiger partial charge in [0.1, 0.15) is 5.69 Å². The molecule has 3 aromatic rings. The first-order chi connectivity index (χ1) is 14.1. The van der Waals surface area contributed by atoms with Gasteiger partial charge in [0.2, 0.25) is 0 Å². The van der Waals surface area contributed by atoms with Crippen molar-refractivity contribution in [3.63, 3.8) is 0 Å². The number of nitrogens with one attached hydrogen (secondary N) is 1. The van der Waals surface area contributed by atoms with Gasteiger partial charge in [0, 0.05) is 40.1 Å². The maximum Gasteiger partial charge on any atom is 0.355 e. The molecule has 1 aromatic heterocycles. The molecule has 1 fully saturated rings. The summed E-state index contributed by atoms with van der Waals surface area (Å²) in [6, 6.07) is 15.3. The largest absolute Gasteiger partial charge is 0.461 e. The lowest BCUT2D eigenvalue weighted by atomic mass is 9.93. The zero-order valence-electron chi connectivity index (χ0n) is 17.0. The molecule has 0 unspecified atom stereocenters. The van der Waals surface area contributed by atoms with Crippen LogP contribution >= 0.6 is 15.9 Å². The summed E-state index contributed by atoms with van der Waals surface area (Å²) < 4.78 is 8.60. The Morgan fingerprint density at radius 2 is 1.97 bits per heavy atom. The van der Waals surface area contributed by atoms with Crippen LogP contribution < -0.4 is 5.32 Å². The number of aromatic nitrogens is 1. The van der Waals surface area contributed by atoms with E-state index in [1.165, 1.54) is 30.4 Å². The molecule has 5 heteroatoms. The number of aryl methyl sites for hydroxylation is 1. The summed E-state index contributed by atoms with van der Waals surface area (Å²) in [5, 5.41) is 4.73. The predicted molar refractivity (Wildman–Crippen MR) is 120 cm³/mol. The van der Waals surface area contributed by atoms with Gasteiger partial charge in [-0.05, 0) is 50.5 Å². The second-order valence-corrected chi connectivity index (χ2v) is 8.71. The first-order valence-corrected chi connectivity index (χ1v) is 11.1. The Bertz CT molecular complexity index is 1020. The molecule has 152 valence electrons. The van der Waals surface area contributed by atoms with E-state index < -0.39 is 0 Å². The predicted octanol–water partition coefficient (Wildman–Crippen LogP) is 5.58. The summed E-state index contributed by atoms with van der Waals surface area (Å²) in [5.74, 6) is -0.252. The number of hydrogen-bond acceptors (Lipinski definition) is 3. The summed E-state index contributed by atoms with van der Waals surface area (Å²) in [5.41, 5.74) is 5.14. The van der Waals surface area contributed by atoms with Gasteiger partial charge in [0.15, 0.2) is 0 Å². The Hall–Kier alpha value is -2.11. The maximum atomic E-state index is 13.0. The molecule has 29 heavy (non-hydrogen) atoms. The van der Waals surface area contributed by atoms with E-state index in [2.05, 4.69) is 69.1 Å². The minimum atomic E-state index is -0.252. The molecule has 1 aliphatic rings. The normalized spacial score (nSPS) is 14.2. The number of carbonyl (C=O) groups is 1. The van der Waals surface area contributed by atoms with Gasteiger partial charge in [-0.3, -0.25) is 0 Å². The summed E-state index contributed by atoms with van der Waals surface area (Å²) in [7, 11) is 0. The van der Waals surface area contributed by atoms with Crippen LogP contribution in [0, 0.1) is 6.92 Å². The number of benzene rings is 2. The number of halogens is 1. The number of rotatable bonds is 7. The first kappa shape index (κ1) is 20.2. The van der Waals surface area contributed by atoms with Gasteiger partial charge in [0.25, 0.3) is 0 Å². The minimum absolute atomic E-state index is 0.252. The zero-order valence-corrected chi connectivity index (χ0v) is 18.6. The SMILES string of the molecule is CCOC(=O)c1c(CNC2CCC2)c2cc(Br)ccc2n1Cc1ccc(C)cc1.